The molecule has 0 aliphatic rings. The molecule has 0 fully saturated rings. The number of hydrogen-bond donors (Lipinski definition) is 1. The van der Waals surface area contributed by atoms with E-state index in [-0.39, 0.29) is 0 Å². The van der Waals surface area contributed by atoms with Gasteiger partial charge in [-0.05, 0) is 49.2 Å². The van der Waals surface area contributed by atoms with E-state index < -0.39 is 15.6 Å². The lowest BCUT2D eigenvalue weighted by Crippen LogP contribution is -2.30. The summed E-state index contributed by atoms with van der Waals surface area (Å²) in [5.41, 5.74) is 2.04. The summed E-state index contributed by atoms with van der Waals surface area (Å²) >= 11 is 12.5. The van der Waals surface area contributed by atoms with Crippen molar-refractivity contribution in [3.63, 3.8) is 0 Å². The molecule has 26 heavy (non-hydrogen) atoms. The van der Waals surface area contributed by atoms with Crippen molar-refractivity contribution in [3.8, 4) is 0 Å². The van der Waals surface area contributed by atoms with Crippen LogP contribution in [0.1, 0.15) is 25.8 Å². The summed E-state index contributed by atoms with van der Waals surface area (Å²) in [4.78, 5) is 0. The third-order valence-electron chi connectivity index (χ3n) is 4.76. The van der Waals surface area contributed by atoms with E-state index in [0.29, 0.717) is 15.7 Å². The Bertz CT molecular complexity index is 1080. The highest BCUT2D eigenvalue weighted by molar-refractivity contribution is 7.92. The monoisotopic (exact) mass is 410 g/mol. The first-order valence-electron chi connectivity index (χ1n) is 8.19. The summed E-state index contributed by atoms with van der Waals surface area (Å²) in [5, 5.41) is 2.03. The van der Waals surface area contributed by atoms with Gasteiger partial charge in [0.2, 0.25) is 10.0 Å². The maximum absolute atomic E-state index is 11.7. The normalized spacial score (nSPS) is 14.3. The van der Waals surface area contributed by atoms with Gasteiger partial charge in [0.25, 0.3) is 0 Å². The first kappa shape index (κ1) is 19.1. The van der Waals surface area contributed by atoms with Crippen molar-refractivity contribution in [1.82, 2.24) is 4.57 Å². The second kappa shape index (κ2) is 6.80. The molecule has 0 saturated heterocycles. The van der Waals surface area contributed by atoms with Gasteiger partial charge in [0.15, 0.2) is 0 Å². The first-order chi connectivity index (χ1) is 12.2. The Morgan fingerprint density at radius 2 is 1.88 bits per heavy atom. The molecule has 0 saturated carbocycles. The van der Waals surface area contributed by atoms with Crippen LogP contribution in [-0.2, 0) is 15.6 Å². The number of nitrogens with zero attached hydrogens (tertiary/aromatic N) is 1. The molecule has 7 heteroatoms. The van der Waals surface area contributed by atoms with E-state index in [2.05, 4.69) is 23.1 Å². The second-order valence-corrected chi connectivity index (χ2v) is 9.14. The molecule has 0 amide bonds. The number of sulfonamides is 1. The molecule has 138 valence electrons. The SMILES string of the molecule is CCC(C)(c1ccc(Cl)cc1Cl)n1ccc2c(NS(C)(=O)=O)cccc21. The fourth-order valence-corrected chi connectivity index (χ4v) is 4.49. The van der Waals surface area contributed by atoms with E-state index >= 15 is 0 Å². The van der Waals surface area contributed by atoms with Crippen LogP contribution in [0.5, 0.6) is 0 Å². The van der Waals surface area contributed by atoms with Crippen LogP contribution < -0.4 is 4.72 Å². The minimum Gasteiger partial charge on any atom is -0.337 e. The Kier molecular flexibility index (Phi) is 4.99. The predicted molar refractivity (Wildman–Crippen MR) is 110 cm³/mol. The van der Waals surface area contributed by atoms with Gasteiger partial charge in [-0.15, -0.1) is 0 Å². The zero-order chi connectivity index (χ0) is 19.1. The molecule has 1 atom stereocenters. The maximum atomic E-state index is 11.7. The van der Waals surface area contributed by atoms with Gasteiger partial charge in [0.1, 0.15) is 0 Å². The molecule has 0 aliphatic carbocycles. The standard InChI is InChI=1S/C19H20Cl2N2O2S/c1-4-19(2,15-9-8-13(20)12-16(15)21)23-11-10-14-17(22-26(3,24)25)6-5-7-18(14)23/h5-12,22H,4H2,1-3H3. The van der Waals surface area contributed by atoms with Gasteiger partial charge in [-0.1, -0.05) is 42.3 Å². The predicted octanol–water partition coefficient (Wildman–Crippen LogP) is 5.49. The second-order valence-electron chi connectivity index (χ2n) is 6.55. The lowest BCUT2D eigenvalue weighted by Gasteiger charge is -2.33. The number of aromatic nitrogens is 1. The number of benzene rings is 2. The third kappa shape index (κ3) is 3.43. The lowest BCUT2D eigenvalue weighted by atomic mass is 9.88. The largest absolute Gasteiger partial charge is 0.337 e. The van der Waals surface area contributed by atoms with Crippen LogP contribution in [0.2, 0.25) is 10.0 Å². The Morgan fingerprint density at radius 1 is 1.15 bits per heavy atom. The van der Waals surface area contributed by atoms with Crippen LogP contribution in [0, 0.1) is 0 Å². The molecule has 3 rings (SSSR count). The highest BCUT2D eigenvalue weighted by Crippen LogP contribution is 2.39. The van der Waals surface area contributed by atoms with E-state index in [1.54, 1.807) is 12.1 Å². The van der Waals surface area contributed by atoms with Crippen LogP contribution in [0.4, 0.5) is 5.69 Å². The molecule has 0 radical (unpaired) electrons. The van der Waals surface area contributed by atoms with Crippen molar-refractivity contribution in [1.29, 1.82) is 0 Å². The summed E-state index contributed by atoms with van der Waals surface area (Å²) in [7, 11) is -3.36. The molecule has 4 nitrogen and oxygen atoms in total. The van der Waals surface area contributed by atoms with E-state index in [4.69, 9.17) is 23.2 Å². The van der Waals surface area contributed by atoms with Gasteiger partial charge in [-0.3, -0.25) is 4.72 Å². The van der Waals surface area contributed by atoms with Gasteiger partial charge in [0.05, 0.1) is 23.0 Å². The maximum Gasteiger partial charge on any atom is 0.229 e. The molecule has 3 aromatic rings. The van der Waals surface area contributed by atoms with Crippen molar-refractivity contribution in [2.75, 3.05) is 11.0 Å². The fourth-order valence-electron chi connectivity index (χ4n) is 3.30. The van der Waals surface area contributed by atoms with Gasteiger partial charge >= 0.3 is 0 Å². The number of fused-ring (bicyclic) bond motifs is 1. The average Bonchev–Trinajstić information content (AvgIpc) is 2.98. The minimum atomic E-state index is -3.36. The highest BCUT2D eigenvalue weighted by atomic mass is 35.5. The Balaban J connectivity index is 2.21. The van der Waals surface area contributed by atoms with Crippen LogP contribution in [0.3, 0.4) is 0 Å². The number of halogens is 2. The van der Waals surface area contributed by atoms with Crippen LogP contribution in [0.15, 0.2) is 48.7 Å². The summed E-state index contributed by atoms with van der Waals surface area (Å²) in [6, 6.07) is 13.0. The van der Waals surface area contributed by atoms with Gasteiger partial charge in [-0.2, -0.15) is 0 Å². The summed E-state index contributed by atoms with van der Waals surface area (Å²) < 4.78 is 28.0. The third-order valence-corrected chi connectivity index (χ3v) is 5.90. The zero-order valence-electron chi connectivity index (χ0n) is 14.8. The van der Waals surface area contributed by atoms with Gasteiger partial charge < -0.3 is 4.57 Å². The minimum absolute atomic E-state index is 0.410. The molecule has 0 aliphatic heterocycles. The Labute approximate surface area is 163 Å². The van der Waals surface area contributed by atoms with Crippen molar-refractivity contribution in [2.45, 2.75) is 25.8 Å². The van der Waals surface area contributed by atoms with Crippen molar-refractivity contribution >= 4 is 49.8 Å². The topological polar surface area (TPSA) is 51.1 Å². The molecule has 0 bridgehead atoms. The fraction of sp³-hybridized carbons (Fsp3) is 0.263. The van der Waals surface area contributed by atoms with Crippen molar-refractivity contribution < 1.29 is 8.42 Å². The molecule has 1 aromatic heterocycles. The van der Waals surface area contributed by atoms with Crippen LogP contribution >= 0.6 is 23.2 Å². The number of rotatable bonds is 5. The molecule has 1 unspecified atom stereocenters. The molecular formula is C19H20Cl2N2O2S. The van der Waals surface area contributed by atoms with E-state index in [1.165, 1.54) is 0 Å². The van der Waals surface area contributed by atoms with Gasteiger partial charge in [-0.25, -0.2) is 8.42 Å². The summed E-state index contributed by atoms with van der Waals surface area (Å²) in [6.07, 6.45) is 3.90. The molecule has 1 heterocycles. The lowest BCUT2D eigenvalue weighted by molar-refractivity contribution is 0.391. The summed E-state index contributed by atoms with van der Waals surface area (Å²) in [5.74, 6) is 0. The van der Waals surface area contributed by atoms with E-state index in [0.717, 1.165) is 29.1 Å². The van der Waals surface area contributed by atoms with Crippen molar-refractivity contribution in [3.05, 3.63) is 64.3 Å². The number of anilines is 1. The molecule has 0 spiro atoms. The number of nitrogens with one attached hydrogen (secondary N) is 1. The Morgan fingerprint density at radius 3 is 2.50 bits per heavy atom. The average molecular weight is 411 g/mol. The molecule has 2 aromatic carbocycles. The Hall–Kier alpha value is -1.69. The first-order valence-corrected chi connectivity index (χ1v) is 10.8. The number of hydrogen-bond acceptors (Lipinski definition) is 2. The van der Waals surface area contributed by atoms with Crippen LogP contribution in [0.25, 0.3) is 10.9 Å². The molecular weight excluding hydrogens is 391 g/mol. The highest BCUT2D eigenvalue weighted by Gasteiger charge is 2.30. The van der Waals surface area contributed by atoms with E-state index in [9.17, 15) is 8.42 Å². The van der Waals surface area contributed by atoms with Crippen LogP contribution in [-0.4, -0.2) is 19.2 Å². The smallest absolute Gasteiger partial charge is 0.229 e. The van der Waals surface area contributed by atoms with Crippen molar-refractivity contribution in [2.24, 2.45) is 0 Å². The quantitative estimate of drug-likeness (QED) is 0.603. The summed E-state index contributed by atoms with van der Waals surface area (Å²) in [6.45, 7) is 4.20. The molecule has 1 N–H and O–H groups in total. The van der Waals surface area contributed by atoms with Gasteiger partial charge in [0, 0.05) is 21.6 Å². The zero-order valence-corrected chi connectivity index (χ0v) is 17.1. The van der Waals surface area contributed by atoms with E-state index in [1.807, 2.05) is 36.5 Å².